The number of unbranched alkanes of at least 4 members (excludes halogenated alkanes) is 1. The molecule has 1 saturated heterocycles. The third kappa shape index (κ3) is 8.58. The summed E-state index contributed by atoms with van der Waals surface area (Å²) in [5, 5.41) is 12.5. The summed E-state index contributed by atoms with van der Waals surface area (Å²) in [6.45, 7) is 4.01. The third-order valence-electron chi connectivity index (χ3n) is 6.76. The molecule has 0 radical (unpaired) electrons. The minimum absolute atomic E-state index is 0. The van der Waals surface area contributed by atoms with Gasteiger partial charge in [0, 0.05) is 17.7 Å². The molecule has 7 heteroatoms. The van der Waals surface area contributed by atoms with Crippen LogP contribution in [-0.4, -0.2) is 35.5 Å². The van der Waals surface area contributed by atoms with Crippen LogP contribution in [0.2, 0.25) is 0 Å². The van der Waals surface area contributed by atoms with Gasteiger partial charge in [0.2, 0.25) is 5.88 Å². The van der Waals surface area contributed by atoms with Crippen molar-refractivity contribution in [3.63, 3.8) is 0 Å². The lowest BCUT2D eigenvalue weighted by Gasteiger charge is -2.23. The number of aromatic nitrogens is 2. The van der Waals surface area contributed by atoms with Crippen molar-refractivity contribution in [3.05, 3.63) is 36.0 Å². The monoisotopic (exact) mass is 509 g/mol. The van der Waals surface area contributed by atoms with E-state index in [1.807, 2.05) is 0 Å². The molecule has 1 aliphatic carbocycles. The summed E-state index contributed by atoms with van der Waals surface area (Å²) in [7, 11) is 0. The molecule has 1 aromatic heterocycles. The SMILES string of the molecule is CCCCc1nnc(OCCC2CCCCN2)cc1-c1ccc(OC2CCCCC2)cc1.Cl.Cl. The topological polar surface area (TPSA) is 56.3 Å². The molecular weight excluding hydrogens is 469 g/mol. The Labute approximate surface area is 217 Å². The van der Waals surface area contributed by atoms with Gasteiger partial charge in [-0.3, -0.25) is 0 Å². The number of ether oxygens (including phenoxy) is 2. The maximum atomic E-state index is 6.22. The zero-order valence-electron chi connectivity index (χ0n) is 20.5. The maximum absolute atomic E-state index is 6.22. The highest BCUT2D eigenvalue weighted by Gasteiger charge is 2.16. The van der Waals surface area contributed by atoms with Crippen LogP contribution in [-0.2, 0) is 6.42 Å². The van der Waals surface area contributed by atoms with Gasteiger partial charge in [-0.1, -0.05) is 38.3 Å². The number of piperidine rings is 1. The van der Waals surface area contributed by atoms with E-state index in [2.05, 4.69) is 52.8 Å². The fraction of sp³-hybridized carbons (Fsp3) is 0.630. The summed E-state index contributed by atoms with van der Waals surface area (Å²) in [5.74, 6) is 1.59. The van der Waals surface area contributed by atoms with Gasteiger partial charge in [-0.05, 0) is 82.0 Å². The van der Waals surface area contributed by atoms with E-state index in [1.165, 1.54) is 51.4 Å². The average Bonchev–Trinajstić information content (AvgIpc) is 2.85. The Kier molecular flexibility index (Phi) is 13.0. The first-order valence-electron chi connectivity index (χ1n) is 12.8. The first-order valence-corrected chi connectivity index (χ1v) is 12.8. The van der Waals surface area contributed by atoms with Crippen molar-refractivity contribution in [2.45, 2.75) is 96.1 Å². The second kappa shape index (κ2) is 15.4. The van der Waals surface area contributed by atoms with E-state index < -0.39 is 0 Å². The smallest absolute Gasteiger partial charge is 0.234 e. The highest BCUT2D eigenvalue weighted by Crippen LogP contribution is 2.30. The normalized spacial score (nSPS) is 18.4. The standard InChI is InChI=1S/C27H39N3O2.2ClH/c1-2-3-12-26-25(20-27(30-29-26)31-19-17-22-9-7-8-18-28-22)21-13-15-24(16-14-21)32-23-10-5-4-6-11-23;;/h13-16,20,22-23,28H,2-12,17-19H2,1H3;2*1H. The third-order valence-corrected chi connectivity index (χ3v) is 6.76. The van der Waals surface area contributed by atoms with E-state index in [1.54, 1.807) is 0 Å². The molecule has 1 saturated carbocycles. The van der Waals surface area contributed by atoms with Gasteiger partial charge in [-0.15, -0.1) is 29.9 Å². The van der Waals surface area contributed by atoms with E-state index >= 15 is 0 Å². The molecule has 2 aromatic rings. The van der Waals surface area contributed by atoms with Gasteiger partial charge in [0.15, 0.2) is 0 Å². The van der Waals surface area contributed by atoms with Gasteiger partial charge in [-0.2, -0.15) is 5.10 Å². The highest BCUT2D eigenvalue weighted by atomic mass is 35.5. The summed E-state index contributed by atoms with van der Waals surface area (Å²) in [5.41, 5.74) is 3.33. The number of halogens is 2. The predicted octanol–water partition coefficient (Wildman–Crippen LogP) is 6.95. The molecule has 0 spiro atoms. The van der Waals surface area contributed by atoms with Crippen LogP contribution in [0.5, 0.6) is 11.6 Å². The van der Waals surface area contributed by atoms with Gasteiger partial charge in [-0.25, -0.2) is 0 Å². The van der Waals surface area contributed by atoms with Crippen molar-refractivity contribution in [3.8, 4) is 22.8 Å². The van der Waals surface area contributed by atoms with E-state index in [9.17, 15) is 0 Å². The largest absolute Gasteiger partial charge is 0.490 e. The lowest BCUT2D eigenvalue weighted by Crippen LogP contribution is -2.35. The van der Waals surface area contributed by atoms with Gasteiger partial charge in [0.1, 0.15) is 5.75 Å². The first kappa shape index (κ1) is 28.7. The van der Waals surface area contributed by atoms with Gasteiger partial charge < -0.3 is 14.8 Å². The quantitative estimate of drug-likeness (QED) is 0.375. The molecule has 4 rings (SSSR count). The lowest BCUT2D eigenvalue weighted by atomic mass is 9.97. The maximum Gasteiger partial charge on any atom is 0.234 e. The number of aryl methyl sites for hydroxylation is 1. The lowest BCUT2D eigenvalue weighted by molar-refractivity contribution is 0.155. The van der Waals surface area contributed by atoms with Gasteiger partial charge in [0.05, 0.1) is 18.4 Å². The molecule has 1 unspecified atom stereocenters. The number of hydrogen-bond acceptors (Lipinski definition) is 5. The minimum atomic E-state index is 0. The van der Waals surface area contributed by atoms with Crippen LogP contribution in [0, 0.1) is 0 Å². The molecule has 5 nitrogen and oxygen atoms in total. The molecular formula is C27H41Cl2N3O2. The predicted molar refractivity (Wildman–Crippen MR) is 144 cm³/mol. The molecule has 1 atom stereocenters. The molecule has 0 amide bonds. The summed E-state index contributed by atoms with van der Waals surface area (Å²) >= 11 is 0. The highest BCUT2D eigenvalue weighted by molar-refractivity contribution is 5.85. The number of hydrogen-bond donors (Lipinski definition) is 1. The van der Waals surface area contributed by atoms with E-state index in [-0.39, 0.29) is 24.8 Å². The van der Waals surface area contributed by atoms with Crippen molar-refractivity contribution < 1.29 is 9.47 Å². The van der Waals surface area contributed by atoms with E-state index in [0.717, 1.165) is 54.8 Å². The summed E-state index contributed by atoms with van der Waals surface area (Å²) < 4.78 is 12.2. The van der Waals surface area contributed by atoms with Crippen LogP contribution in [0.4, 0.5) is 0 Å². The fourth-order valence-electron chi connectivity index (χ4n) is 4.81. The van der Waals surface area contributed by atoms with Crippen LogP contribution < -0.4 is 14.8 Å². The van der Waals surface area contributed by atoms with E-state index in [0.29, 0.717) is 24.6 Å². The minimum Gasteiger partial charge on any atom is -0.490 e. The Balaban J connectivity index is 0.00000204. The Morgan fingerprint density at radius 1 is 0.941 bits per heavy atom. The molecule has 1 N–H and O–H groups in total. The number of nitrogens with one attached hydrogen (secondary N) is 1. The average molecular weight is 511 g/mol. The molecule has 0 bridgehead atoms. The van der Waals surface area contributed by atoms with Crippen LogP contribution in [0.1, 0.15) is 83.2 Å². The molecule has 2 aliphatic rings. The Bertz CT molecular complexity index is 823. The summed E-state index contributed by atoms with van der Waals surface area (Å²) in [4.78, 5) is 0. The van der Waals surface area contributed by atoms with Crippen LogP contribution >= 0.6 is 24.8 Å². The second-order valence-corrected chi connectivity index (χ2v) is 9.33. The van der Waals surface area contributed by atoms with Crippen LogP contribution in [0.25, 0.3) is 11.1 Å². The van der Waals surface area contributed by atoms with Gasteiger partial charge in [0.25, 0.3) is 0 Å². The Morgan fingerprint density at radius 3 is 2.41 bits per heavy atom. The first-order chi connectivity index (χ1) is 15.8. The van der Waals surface area contributed by atoms with Gasteiger partial charge >= 0.3 is 0 Å². The second-order valence-electron chi connectivity index (χ2n) is 9.33. The zero-order chi connectivity index (χ0) is 22.0. The van der Waals surface area contributed by atoms with Crippen molar-refractivity contribution in [1.29, 1.82) is 0 Å². The van der Waals surface area contributed by atoms with Crippen molar-refractivity contribution in [1.82, 2.24) is 15.5 Å². The number of nitrogens with zero attached hydrogens (tertiary/aromatic N) is 2. The summed E-state index contributed by atoms with van der Waals surface area (Å²) in [6.07, 6.45) is 14.7. The fourth-order valence-corrected chi connectivity index (χ4v) is 4.81. The van der Waals surface area contributed by atoms with Crippen molar-refractivity contribution >= 4 is 24.8 Å². The molecule has 2 fully saturated rings. The number of rotatable bonds is 10. The van der Waals surface area contributed by atoms with Crippen molar-refractivity contribution in [2.75, 3.05) is 13.2 Å². The van der Waals surface area contributed by atoms with Crippen molar-refractivity contribution in [2.24, 2.45) is 0 Å². The molecule has 2 heterocycles. The van der Waals surface area contributed by atoms with E-state index in [4.69, 9.17) is 9.47 Å². The molecule has 34 heavy (non-hydrogen) atoms. The Hall–Kier alpha value is -1.56. The molecule has 190 valence electrons. The number of benzene rings is 1. The molecule has 1 aromatic carbocycles. The zero-order valence-corrected chi connectivity index (χ0v) is 22.1. The summed E-state index contributed by atoms with van der Waals surface area (Å²) in [6, 6.07) is 11.1. The van der Waals surface area contributed by atoms with Crippen LogP contribution in [0.15, 0.2) is 30.3 Å². The molecule has 1 aliphatic heterocycles. The van der Waals surface area contributed by atoms with Crippen LogP contribution in [0.3, 0.4) is 0 Å². The Morgan fingerprint density at radius 2 is 1.71 bits per heavy atom.